The van der Waals surface area contributed by atoms with E-state index in [9.17, 15) is 13.6 Å². The van der Waals surface area contributed by atoms with E-state index in [1.165, 1.54) is 14.0 Å². The Hall–Kier alpha value is -2.24. The number of methoxy groups -OCH3 is 1. The molecule has 1 aromatic heterocycles. The van der Waals surface area contributed by atoms with Crippen LogP contribution in [-0.4, -0.2) is 18.1 Å². The minimum Gasteiger partial charge on any atom is -0.464 e. The molecule has 0 spiro atoms. The zero-order chi connectivity index (χ0) is 13.3. The number of carbonyl (C=O) groups is 1. The fraction of sp³-hybridized carbons (Fsp3) is 0.167. The van der Waals surface area contributed by atoms with Crippen molar-refractivity contribution in [3.63, 3.8) is 0 Å². The van der Waals surface area contributed by atoms with Crippen molar-refractivity contribution in [1.82, 2.24) is 4.98 Å². The predicted molar refractivity (Wildman–Crippen MR) is 57.9 cm³/mol. The van der Waals surface area contributed by atoms with Gasteiger partial charge in [0.2, 0.25) is 5.89 Å². The van der Waals surface area contributed by atoms with Crippen molar-refractivity contribution in [2.45, 2.75) is 6.92 Å². The summed E-state index contributed by atoms with van der Waals surface area (Å²) in [5.74, 6) is -1.99. The third-order valence-electron chi connectivity index (χ3n) is 2.33. The maximum absolute atomic E-state index is 13.5. The lowest BCUT2D eigenvalue weighted by Gasteiger charge is -1.97. The monoisotopic (exact) mass is 253 g/mol. The van der Waals surface area contributed by atoms with Gasteiger partial charge in [-0.3, -0.25) is 0 Å². The topological polar surface area (TPSA) is 52.3 Å². The number of hydrogen-bond donors (Lipinski definition) is 0. The Bertz CT molecular complexity index is 607. The standard InChI is InChI=1S/C12H9F2NO3/c1-6-10(12(16)17-2)15-11(18-6)8-5-7(13)3-4-9(8)14/h3-5H,1-2H3. The maximum atomic E-state index is 13.5. The number of halogens is 2. The summed E-state index contributed by atoms with van der Waals surface area (Å²) in [7, 11) is 1.19. The van der Waals surface area contributed by atoms with Gasteiger partial charge in [-0.25, -0.2) is 18.6 Å². The van der Waals surface area contributed by atoms with Crippen LogP contribution in [0, 0.1) is 18.6 Å². The number of ether oxygens (including phenoxy) is 1. The van der Waals surface area contributed by atoms with Gasteiger partial charge >= 0.3 is 5.97 Å². The Labute approximate surface area is 101 Å². The van der Waals surface area contributed by atoms with Gasteiger partial charge in [-0.15, -0.1) is 0 Å². The molecule has 0 aliphatic rings. The molecular weight excluding hydrogens is 244 g/mol. The number of oxazole rings is 1. The van der Waals surface area contributed by atoms with Crippen molar-refractivity contribution < 1.29 is 22.7 Å². The molecule has 0 amide bonds. The first-order valence-electron chi connectivity index (χ1n) is 5.04. The first-order valence-corrected chi connectivity index (χ1v) is 5.04. The van der Waals surface area contributed by atoms with Gasteiger partial charge in [0.25, 0.3) is 0 Å². The second kappa shape index (κ2) is 4.56. The van der Waals surface area contributed by atoms with E-state index < -0.39 is 17.6 Å². The summed E-state index contributed by atoms with van der Waals surface area (Å²) < 4.78 is 36.2. The van der Waals surface area contributed by atoms with Crippen molar-refractivity contribution in [1.29, 1.82) is 0 Å². The smallest absolute Gasteiger partial charge is 0.360 e. The van der Waals surface area contributed by atoms with Crippen LogP contribution in [0.1, 0.15) is 16.2 Å². The van der Waals surface area contributed by atoms with E-state index in [4.69, 9.17) is 4.42 Å². The average Bonchev–Trinajstić information content (AvgIpc) is 2.73. The fourth-order valence-corrected chi connectivity index (χ4v) is 1.46. The fourth-order valence-electron chi connectivity index (χ4n) is 1.46. The molecular formula is C12H9F2NO3. The summed E-state index contributed by atoms with van der Waals surface area (Å²) in [6.07, 6.45) is 0. The second-order valence-electron chi connectivity index (χ2n) is 3.54. The summed E-state index contributed by atoms with van der Waals surface area (Å²) in [6.45, 7) is 1.49. The molecule has 2 aromatic rings. The number of aromatic nitrogens is 1. The molecule has 0 N–H and O–H groups in total. The quantitative estimate of drug-likeness (QED) is 0.772. The molecule has 1 heterocycles. The maximum Gasteiger partial charge on any atom is 0.360 e. The predicted octanol–water partition coefficient (Wildman–Crippen LogP) is 2.71. The van der Waals surface area contributed by atoms with Crippen molar-refractivity contribution in [3.05, 3.63) is 41.3 Å². The molecule has 18 heavy (non-hydrogen) atoms. The van der Waals surface area contributed by atoms with Gasteiger partial charge in [-0.05, 0) is 25.1 Å². The zero-order valence-electron chi connectivity index (χ0n) is 9.66. The van der Waals surface area contributed by atoms with Crippen LogP contribution in [0.5, 0.6) is 0 Å². The molecule has 0 saturated carbocycles. The first-order chi connectivity index (χ1) is 8.52. The molecule has 0 bridgehead atoms. The van der Waals surface area contributed by atoms with Crippen LogP contribution in [0.3, 0.4) is 0 Å². The molecule has 94 valence electrons. The van der Waals surface area contributed by atoms with Crippen molar-refractivity contribution in [2.75, 3.05) is 7.11 Å². The Morgan fingerprint density at radius 2 is 2.11 bits per heavy atom. The Morgan fingerprint density at radius 3 is 2.78 bits per heavy atom. The van der Waals surface area contributed by atoms with E-state index in [2.05, 4.69) is 9.72 Å². The SMILES string of the molecule is COC(=O)c1nc(-c2cc(F)ccc2F)oc1C. The summed E-state index contributed by atoms with van der Waals surface area (Å²) >= 11 is 0. The van der Waals surface area contributed by atoms with E-state index in [0.29, 0.717) is 0 Å². The largest absolute Gasteiger partial charge is 0.464 e. The minimum absolute atomic E-state index is 0.0591. The van der Waals surface area contributed by atoms with Gasteiger partial charge in [0, 0.05) is 0 Å². The summed E-state index contributed by atoms with van der Waals surface area (Å²) in [5, 5.41) is 0. The normalized spacial score (nSPS) is 10.4. The van der Waals surface area contributed by atoms with Gasteiger partial charge in [0.05, 0.1) is 12.7 Å². The number of esters is 1. The molecule has 0 unspecified atom stereocenters. The summed E-state index contributed by atoms with van der Waals surface area (Å²) in [5.41, 5.74) is -0.204. The lowest BCUT2D eigenvalue weighted by atomic mass is 10.2. The van der Waals surface area contributed by atoms with E-state index in [0.717, 1.165) is 18.2 Å². The summed E-state index contributed by atoms with van der Waals surface area (Å²) in [6, 6.07) is 2.89. The van der Waals surface area contributed by atoms with Crippen LogP contribution in [0.2, 0.25) is 0 Å². The lowest BCUT2D eigenvalue weighted by molar-refractivity contribution is 0.0593. The number of benzene rings is 1. The minimum atomic E-state index is -0.695. The van der Waals surface area contributed by atoms with Crippen molar-refractivity contribution in [2.24, 2.45) is 0 Å². The van der Waals surface area contributed by atoms with Crippen LogP contribution in [0.15, 0.2) is 22.6 Å². The molecule has 6 heteroatoms. The second-order valence-corrected chi connectivity index (χ2v) is 3.54. The van der Waals surface area contributed by atoms with Crippen molar-refractivity contribution >= 4 is 5.97 Å². The number of carbonyl (C=O) groups excluding carboxylic acids is 1. The van der Waals surface area contributed by atoms with Crippen LogP contribution in [0.25, 0.3) is 11.5 Å². The Balaban J connectivity index is 2.52. The Kier molecular flexibility index (Phi) is 3.10. The van der Waals surface area contributed by atoms with Gasteiger partial charge in [-0.1, -0.05) is 0 Å². The Morgan fingerprint density at radius 1 is 1.39 bits per heavy atom. The molecule has 1 aromatic carbocycles. The van der Waals surface area contributed by atoms with Gasteiger partial charge in [-0.2, -0.15) is 0 Å². The third-order valence-corrected chi connectivity index (χ3v) is 2.33. The van der Waals surface area contributed by atoms with Gasteiger partial charge in [0.1, 0.15) is 17.4 Å². The number of rotatable bonds is 2. The molecule has 2 rings (SSSR count). The number of hydrogen-bond acceptors (Lipinski definition) is 4. The molecule has 4 nitrogen and oxygen atoms in total. The van der Waals surface area contributed by atoms with E-state index in [-0.39, 0.29) is 22.9 Å². The first kappa shape index (κ1) is 12.2. The van der Waals surface area contributed by atoms with Crippen LogP contribution in [0.4, 0.5) is 8.78 Å². The van der Waals surface area contributed by atoms with Crippen molar-refractivity contribution in [3.8, 4) is 11.5 Å². The van der Waals surface area contributed by atoms with Crippen LogP contribution >= 0.6 is 0 Å². The molecule has 0 saturated heterocycles. The number of nitrogens with zero attached hydrogens (tertiary/aromatic N) is 1. The lowest BCUT2D eigenvalue weighted by Crippen LogP contribution is -2.03. The van der Waals surface area contributed by atoms with E-state index in [1.54, 1.807) is 0 Å². The van der Waals surface area contributed by atoms with Crippen LogP contribution in [-0.2, 0) is 4.74 Å². The molecule has 0 aliphatic carbocycles. The highest BCUT2D eigenvalue weighted by atomic mass is 19.1. The highest BCUT2D eigenvalue weighted by molar-refractivity contribution is 5.88. The molecule has 0 radical (unpaired) electrons. The summed E-state index contributed by atoms with van der Waals surface area (Å²) in [4.78, 5) is 15.1. The third kappa shape index (κ3) is 2.09. The molecule has 0 aliphatic heterocycles. The van der Waals surface area contributed by atoms with Gasteiger partial charge < -0.3 is 9.15 Å². The highest BCUT2D eigenvalue weighted by Gasteiger charge is 2.20. The highest BCUT2D eigenvalue weighted by Crippen LogP contribution is 2.25. The zero-order valence-corrected chi connectivity index (χ0v) is 9.66. The average molecular weight is 253 g/mol. The molecule has 0 atom stereocenters. The van der Waals surface area contributed by atoms with Gasteiger partial charge in [0.15, 0.2) is 5.69 Å². The molecule has 0 fully saturated rings. The van der Waals surface area contributed by atoms with Crippen LogP contribution < -0.4 is 0 Å². The number of aryl methyl sites for hydroxylation is 1. The van der Waals surface area contributed by atoms with E-state index in [1.807, 2.05) is 0 Å². The van der Waals surface area contributed by atoms with E-state index >= 15 is 0 Å².